The van der Waals surface area contributed by atoms with Gasteiger partial charge in [-0.3, -0.25) is 4.90 Å². The smallest absolute Gasteiger partial charge is 0.0695 e. The molecule has 0 aromatic rings. The highest BCUT2D eigenvalue weighted by Gasteiger charge is 2.40. The summed E-state index contributed by atoms with van der Waals surface area (Å²) < 4.78 is 0. The van der Waals surface area contributed by atoms with Gasteiger partial charge in [0.05, 0.1) is 6.10 Å². The summed E-state index contributed by atoms with van der Waals surface area (Å²) in [5.41, 5.74) is 0. The lowest BCUT2D eigenvalue weighted by molar-refractivity contribution is 0.0825. The molecule has 2 heterocycles. The monoisotopic (exact) mass is 210 g/mol. The van der Waals surface area contributed by atoms with Crippen LogP contribution < -0.4 is 5.32 Å². The summed E-state index contributed by atoms with van der Waals surface area (Å²) >= 11 is 0. The number of aliphatic hydroxyl groups is 1. The third-order valence-corrected chi connectivity index (χ3v) is 4.54. The molecule has 4 atom stereocenters. The molecule has 1 saturated carbocycles. The van der Waals surface area contributed by atoms with Crippen molar-refractivity contribution < 1.29 is 5.11 Å². The Balaban J connectivity index is 1.64. The molecule has 2 saturated heterocycles. The minimum atomic E-state index is -0.0508. The van der Waals surface area contributed by atoms with Gasteiger partial charge in [0.1, 0.15) is 0 Å². The number of fused-ring (bicyclic) bond motifs is 1. The molecule has 0 bridgehead atoms. The Hall–Kier alpha value is -0.120. The Morgan fingerprint density at radius 1 is 1.07 bits per heavy atom. The van der Waals surface area contributed by atoms with Crippen molar-refractivity contribution in [2.24, 2.45) is 5.92 Å². The van der Waals surface area contributed by atoms with E-state index in [0.717, 1.165) is 12.3 Å². The van der Waals surface area contributed by atoms with Crippen molar-refractivity contribution in [3.05, 3.63) is 0 Å². The van der Waals surface area contributed by atoms with Gasteiger partial charge >= 0.3 is 0 Å². The Morgan fingerprint density at radius 2 is 2.00 bits per heavy atom. The van der Waals surface area contributed by atoms with Crippen LogP contribution in [-0.4, -0.2) is 47.8 Å². The number of nitrogens with one attached hydrogen (secondary N) is 1. The van der Waals surface area contributed by atoms with E-state index in [1.165, 1.54) is 45.3 Å². The second-order valence-electron chi connectivity index (χ2n) is 5.48. The average molecular weight is 210 g/mol. The minimum absolute atomic E-state index is 0.0508. The van der Waals surface area contributed by atoms with Gasteiger partial charge in [0.2, 0.25) is 0 Å². The van der Waals surface area contributed by atoms with Gasteiger partial charge in [-0.1, -0.05) is 0 Å². The number of aliphatic hydroxyl groups excluding tert-OH is 1. The fourth-order valence-corrected chi connectivity index (χ4v) is 3.70. The standard InChI is InChI=1S/C12H22N2O/c15-12-5-1-4-11(12)14-7-9-3-2-6-13-10(9)8-14/h9-13,15H,1-8H2. The lowest BCUT2D eigenvalue weighted by Crippen LogP contribution is -2.42. The van der Waals surface area contributed by atoms with Crippen molar-refractivity contribution in [2.75, 3.05) is 19.6 Å². The van der Waals surface area contributed by atoms with Gasteiger partial charge in [0.25, 0.3) is 0 Å². The van der Waals surface area contributed by atoms with Gasteiger partial charge in [-0.2, -0.15) is 0 Å². The van der Waals surface area contributed by atoms with Crippen molar-refractivity contribution in [3.63, 3.8) is 0 Å². The Morgan fingerprint density at radius 3 is 2.73 bits per heavy atom. The van der Waals surface area contributed by atoms with Crippen LogP contribution in [0.1, 0.15) is 32.1 Å². The van der Waals surface area contributed by atoms with E-state index in [9.17, 15) is 5.11 Å². The van der Waals surface area contributed by atoms with Crippen LogP contribution in [0.3, 0.4) is 0 Å². The van der Waals surface area contributed by atoms with Gasteiger partial charge < -0.3 is 10.4 Å². The molecule has 2 N–H and O–H groups in total. The summed E-state index contributed by atoms with van der Waals surface area (Å²) in [6.45, 7) is 3.59. The lowest BCUT2D eigenvalue weighted by Gasteiger charge is -2.26. The number of hydrogen-bond donors (Lipinski definition) is 2. The SMILES string of the molecule is OC1CCCC1N1CC2CCCNC2C1. The first-order valence-corrected chi connectivity index (χ1v) is 6.50. The van der Waals surface area contributed by atoms with Crippen molar-refractivity contribution >= 4 is 0 Å². The maximum Gasteiger partial charge on any atom is 0.0695 e. The van der Waals surface area contributed by atoms with Gasteiger partial charge in [-0.05, 0) is 44.6 Å². The Bertz CT molecular complexity index is 220. The van der Waals surface area contributed by atoms with Gasteiger partial charge in [0, 0.05) is 25.2 Å². The molecule has 3 aliphatic rings. The lowest BCUT2D eigenvalue weighted by atomic mass is 9.94. The minimum Gasteiger partial charge on any atom is -0.391 e. The Labute approximate surface area is 91.8 Å². The molecule has 0 aromatic heterocycles. The fourth-order valence-electron chi connectivity index (χ4n) is 3.70. The third kappa shape index (κ3) is 1.81. The number of hydrogen-bond acceptors (Lipinski definition) is 3. The summed E-state index contributed by atoms with van der Waals surface area (Å²) in [5, 5.41) is 13.5. The maximum atomic E-state index is 9.92. The molecule has 3 nitrogen and oxygen atoms in total. The molecular formula is C12H22N2O. The molecule has 86 valence electrons. The first-order valence-electron chi connectivity index (χ1n) is 6.50. The second-order valence-corrected chi connectivity index (χ2v) is 5.48. The zero-order chi connectivity index (χ0) is 10.3. The van der Waals surface area contributed by atoms with Crippen LogP contribution >= 0.6 is 0 Å². The molecule has 1 aliphatic carbocycles. The molecule has 3 fully saturated rings. The topological polar surface area (TPSA) is 35.5 Å². The highest BCUT2D eigenvalue weighted by atomic mass is 16.3. The van der Waals surface area contributed by atoms with E-state index in [1.54, 1.807) is 0 Å². The molecule has 15 heavy (non-hydrogen) atoms. The van der Waals surface area contributed by atoms with Gasteiger partial charge in [0.15, 0.2) is 0 Å². The first-order chi connectivity index (χ1) is 7.34. The highest BCUT2D eigenvalue weighted by molar-refractivity contribution is 4.97. The zero-order valence-corrected chi connectivity index (χ0v) is 9.36. The molecule has 0 aromatic carbocycles. The summed E-state index contributed by atoms with van der Waals surface area (Å²) in [7, 11) is 0. The predicted molar refractivity (Wildman–Crippen MR) is 59.7 cm³/mol. The molecular weight excluding hydrogens is 188 g/mol. The van der Waals surface area contributed by atoms with E-state index in [0.29, 0.717) is 12.1 Å². The third-order valence-electron chi connectivity index (χ3n) is 4.54. The van der Waals surface area contributed by atoms with Crippen molar-refractivity contribution in [3.8, 4) is 0 Å². The van der Waals surface area contributed by atoms with E-state index >= 15 is 0 Å². The van der Waals surface area contributed by atoms with Crippen LogP contribution in [0.2, 0.25) is 0 Å². The van der Waals surface area contributed by atoms with Crippen molar-refractivity contribution in [2.45, 2.75) is 50.3 Å². The first kappa shape index (κ1) is 10.1. The molecule has 0 amide bonds. The quantitative estimate of drug-likeness (QED) is 0.665. The second kappa shape index (κ2) is 4.04. The molecule has 3 heteroatoms. The summed E-state index contributed by atoms with van der Waals surface area (Å²) in [6, 6.07) is 1.18. The van der Waals surface area contributed by atoms with E-state index in [4.69, 9.17) is 0 Å². The summed E-state index contributed by atoms with van der Waals surface area (Å²) in [5.74, 6) is 0.853. The van der Waals surface area contributed by atoms with Gasteiger partial charge in [-0.25, -0.2) is 0 Å². The molecule has 3 rings (SSSR count). The van der Waals surface area contributed by atoms with Crippen LogP contribution in [0.25, 0.3) is 0 Å². The van der Waals surface area contributed by atoms with Crippen molar-refractivity contribution in [1.29, 1.82) is 0 Å². The van der Waals surface area contributed by atoms with E-state index < -0.39 is 0 Å². The number of likely N-dealkylation sites (tertiary alicyclic amines) is 1. The van der Waals surface area contributed by atoms with Crippen LogP contribution in [0.15, 0.2) is 0 Å². The van der Waals surface area contributed by atoms with E-state index in [1.807, 2.05) is 0 Å². The highest BCUT2D eigenvalue weighted by Crippen LogP contribution is 2.31. The molecule has 4 unspecified atom stereocenters. The number of nitrogens with zero attached hydrogens (tertiary/aromatic N) is 1. The largest absolute Gasteiger partial charge is 0.391 e. The van der Waals surface area contributed by atoms with E-state index in [-0.39, 0.29) is 6.10 Å². The Kier molecular flexibility index (Phi) is 2.71. The molecule has 0 spiro atoms. The fraction of sp³-hybridized carbons (Fsp3) is 1.00. The zero-order valence-electron chi connectivity index (χ0n) is 9.36. The number of piperidine rings is 1. The predicted octanol–water partition coefficient (Wildman–Crippen LogP) is 0.584. The van der Waals surface area contributed by atoms with Crippen molar-refractivity contribution in [1.82, 2.24) is 10.2 Å². The maximum absolute atomic E-state index is 9.92. The average Bonchev–Trinajstić information content (AvgIpc) is 2.82. The molecule has 2 aliphatic heterocycles. The number of rotatable bonds is 1. The summed E-state index contributed by atoms with van der Waals surface area (Å²) in [6.07, 6.45) is 6.11. The molecule has 0 radical (unpaired) electrons. The van der Waals surface area contributed by atoms with E-state index in [2.05, 4.69) is 10.2 Å². The van der Waals surface area contributed by atoms with Gasteiger partial charge in [-0.15, -0.1) is 0 Å². The summed E-state index contributed by atoms with van der Waals surface area (Å²) in [4.78, 5) is 2.55. The van der Waals surface area contributed by atoms with Crippen LogP contribution in [0, 0.1) is 5.92 Å². The van der Waals surface area contributed by atoms with Crippen LogP contribution in [0.4, 0.5) is 0 Å². The van der Waals surface area contributed by atoms with Crippen LogP contribution in [-0.2, 0) is 0 Å². The normalized spacial score (nSPS) is 47.0. The van der Waals surface area contributed by atoms with Crippen LogP contribution in [0.5, 0.6) is 0 Å².